The van der Waals surface area contributed by atoms with E-state index in [9.17, 15) is 0 Å². The average Bonchev–Trinajstić information content (AvgIpc) is 1.88. The maximum Gasteiger partial charge on any atom is 0.0562 e. The van der Waals surface area contributed by atoms with Crippen molar-refractivity contribution in [3.63, 3.8) is 0 Å². The molecule has 0 aromatic rings. The van der Waals surface area contributed by atoms with Crippen molar-refractivity contribution in [2.24, 2.45) is 0 Å². The first-order chi connectivity index (χ1) is 4.33. The van der Waals surface area contributed by atoms with Crippen molar-refractivity contribution < 1.29 is 5.11 Å². The van der Waals surface area contributed by atoms with Gasteiger partial charge in [-0.05, 0) is 7.05 Å². The molecule has 54 valence electrons. The molecular weight excluding hydrogens is 134 g/mol. The van der Waals surface area contributed by atoms with E-state index in [0.717, 1.165) is 6.54 Å². The van der Waals surface area contributed by atoms with Gasteiger partial charge < -0.3 is 10.0 Å². The highest BCUT2D eigenvalue weighted by molar-refractivity contribution is 8.00. The number of hydrogen-bond donors (Lipinski definition) is 1. The van der Waals surface area contributed by atoms with Gasteiger partial charge in [-0.1, -0.05) is 0 Å². The Balaban J connectivity index is 2.23. The third-order valence-corrected chi connectivity index (χ3v) is 2.73. The molecule has 1 saturated heterocycles. The van der Waals surface area contributed by atoms with Crippen molar-refractivity contribution in [3.8, 4) is 0 Å². The summed E-state index contributed by atoms with van der Waals surface area (Å²) >= 11 is 1.88. The van der Waals surface area contributed by atoms with E-state index in [1.54, 1.807) is 0 Å². The van der Waals surface area contributed by atoms with Gasteiger partial charge in [0.15, 0.2) is 0 Å². The Kier molecular flexibility index (Phi) is 2.82. The standard InChI is InChI=1S/C6H13NOS/c1-7-2-3-9-6(4-7)5-8/h6,8H,2-5H2,1H3/t6-/m1/s1. The Hall–Kier alpha value is 0.270. The van der Waals surface area contributed by atoms with E-state index < -0.39 is 0 Å². The SMILES string of the molecule is CN1CCS[C@@H](CO)C1. The van der Waals surface area contributed by atoms with Crippen molar-refractivity contribution >= 4 is 11.8 Å². The van der Waals surface area contributed by atoms with Crippen LogP contribution in [0.1, 0.15) is 0 Å². The van der Waals surface area contributed by atoms with Crippen LogP contribution < -0.4 is 0 Å². The van der Waals surface area contributed by atoms with Crippen LogP contribution in [0.2, 0.25) is 0 Å². The first kappa shape index (κ1) is 7.38. The first-order valence-electron chi connectivity index (χ1n) is 3.24. The number of aliphatic hydroxyl groups excluding tert-OH is 1. The van der Waals surface area contributed by atoms with Crippen molar-refractivity contribution in [2.75, 3.05) is 32.5 Å². The van der Waals surface area contributed by atoms with Gasteiger partial charge in [0.05, 0.1) is 6.61 Å². The van der Waals surface area contributed by atoms with E-state index in [1.807, 2.05) is 11.8 Å². The highest BCUT2D eigenvalue weighted by Gasteiger charge is 2.15. The predicted octanol–water partition coefficient (Wildman–Crippen LogP) is 0.0259. The maximum absolute atomic E-state index is 8.76. The Labute approximate surface area is 60.2 Å². The fraction of sp³-hybridized carbons (Fsp3) is 1.00. The molecule has 0 aliphatic carbocycles. The summed E-state index contributed by atoms with van der Waals surface area (Å²) in [6.07, 6.45) is 0. The van der Waals surface area contributed by atoms with Crippen molar-refractivity contribution in [1.82, 2.24) is 4.90 Å². The third kappa shape index (κ3) is 2.16. The summed E-state index contributed by atoms with van der Waals surface area (Å²) < 4.78 is 0. The van der Waals surface area contributed by atoms with Crippen molar-refractivity contribution in [2.45, 2.75) is 5.25 Å². The molecule has 1 aliphatic rings. The van der Waals surface area contributed by atoms with Gasteiger partial charge in [0.25, 0.3) is 0 Å². The smallest absolute Gasteiger partial charge is 0.0562 e. The van der Waals surface area contributed by atoms with E-state index in [2.05, 4.69) is 11.9 Å². The van der Waals surface area contributed by atoms with Gasteiger partial charge in [-0.25, -0.2) is 0 Å². The zero-order valence-corrected chi connectivity index (χ0v) is 6.52. The molecule has 3 heteroatoms. The molecule has 0 amide bonds. The van der Waals surface area contributed by atoms with Crippen LogP contribution in [0, 0.1) is 0 Å². The molecule has 1 atom stereocenters. The second-order valence-corrected chi connectivity index (χ2v) is 3.85. The summed E-state index contributed by atoms with van der Waals surface area (Å²) in [4.78, 5) is 2.26. The summed E-state index contributed by atoms with van der Waals surface area (Å²) in [5.74, 6) is 1.17. The first-order valence-corrected chi connectivity index (χ1v) is 4.29. The van der Waals surface area contributed by atoms with Crippen LogP contribution in [0.4, 0.5) is 0 Å². The van der Waals surface area contributed by atoms with Gasteiger partial charge in [0.2, 0.25) is 0 Å². The Morgan fingerprint density at radius 3 is 3.00 bits per heavy atom. The molecule has 1 N–H and O–H groups in total. The number of rotatable bonds is 1. The van der Waals surface area contributed by atoms with Gasteiger partial charge in [-0.3, -0.25) is 0 Å². The van der Waals surface area contributed by atoms with Crippen LogP contribution in [-0.2, 0) is 0 Å². The minimum atomic E-state index is 0.328. The molecule has 1 heterocycles. The Morgan fingerprint density at radius 2 is 2.56 bits per heavy atom. The summed E-state index contributed by atoms with van der Waals surface area (Å²) in [5.41, 5.74) is 0. The van der Waals surface area contributed by atoms with E-state index >= 15 is 0 Å². The molecule has 0 bridgehead atoms. The fourth-order valence-corrected chi connectivity index (χ4v) is 2.19. The van der Waals surface area contributed by atoms with Crippen LogP contribution >= 0.6 is 11.8 Å². The van der Waals surface area contributed by atoms with E-state index in [0.29, 0.717) is 11.9 Å². The zero-order chi connectivity index (χ0) is 6.69. The molecule has 0 aromatic heterocycles. The number of aliphatic hydroxyl groups is 1. The van der Waals surface area contributed by atoms with Gasteiger partial charge in [0.1, 0.15) is 0 Å². The molecule has 0 unspecified atom stereocenters. The highest BCUT2D eigenvalue weighted by atomic mass is 32.2. The number of nitrogens with zero attached hydrogens (tertiary/aromatic N) is 1. The quantitative estimate of drug-likeness (QED) is 0.566. The third-order valence-electron chi connectivity index (χ3n) is 1.55. The maximum atomic E-state index is 8.76. The second-order valence-electron chi connectivity index (χ2n) is 2.44. The Bertz CT molecular complexity index is 89.1. The lowest BCUT2D eigenvalue weighted by atomic mass is 10.4. The van der Waals surface area contributed by atoms with Crippen molar-refractivity contribution in [3.05, 3.63) is 0 Å². The molecule has 9 heavy (non-hydrogen) atoms. The highest BCUT2D eigenvalue weighted by Crippen LogP contribution is 2.15. The minimum absolute atomic E-state index is 0.328. The van der Waals surface area contributed by atoms with Gasteiger partial charge in [-0.2, -0.15) is 11.8 Å². The number of hydrogen-bond acceptors (Lipinski definition) is 3. The molecule has 0 aromatic carbocycles. The lowest BCUT2D eigenvalue weighted by Crippen LogP contribution is -2.36. The van der Waals surface area contributed by atoms with Crippen LogP contribution in [0.3, 0.4) is 0 Å². The average molecular weight is 147 g/mol. The Morgan fingerprint density at radius 1 is 1.78 bits per heavy atom. The van der Waals surface area contributed by atoms with Gasteiger partial charge >= 0.3 is 0 Å². The topological polar surface area (TPSA) is 23.5 Å². The molecule has 1 fully saturated rings. The predicted molar refractivity (Wildman–Crippen MR) is 40.8 cm³/mol. The summed E-state index contributed by atoms with van der Waals surface area (Å²) in [6.45, 7) is 2.54. The normalized spacial score (nSPS) is 30.7. The largest absolute Gasteiger partial charge is 0.395 e. The van der Waals surface area contributed by atoms with E-state index in [4.69, 9.17) is 5.11 Å². The molecule has 0 radical (unpaired) electrons. The molecule has 0 saturated carbocycles. The van der Waals surface area contributed by atoms with Crippen molar-refractivity contribution in [1.29, 1.82) is 0 Å². The van der Waals surface area contributed by atoms with Gasteiger partial charge in [0, 0.05) is 24.1 Å². The van der Waals surface area contributed by atoms with E-state index in [1.165, 1.54) is 12.3 Å². The van der Waals surface area contributed by atoms with Gasteiger partial charge in [-0.15, -0.1) is 0 Å². The second kappa shape index (κ2) is 3.44. The summed E-state index contributed by atoms with van der Waals surface area (Å²) in [7, 11) is 2.10. The molecular formula is C6H13NOS. The lowest BCUT2D eigenvalue weighted by molar-refractivity contribution is 0.253. The fourth-order valence-electron chi connectivity index (χ4n) is 0.977. The lowest BCUT2D eigenvalue weighted by Gasteiger charge is -2.27. The molecule has 1 rings (SSSR count). The summed E-state index contributed by atoms with van der Waals surface area (Å²) in [5, 5.41) is 9.22. The zero-order valence-electron chi connectivity index (χ0n) is 5.71. The summed E-state index contributed by atoms with van der Waals surface area (Å²) in [6, 6.07) is 0. The van der Waals surface area contributed by atoms with E-state index in [-0.39, 0.29) is 0 Å². The molecule has 1 aliphatic heterocycles. The van der Waals surface area contributed by atoms with Crippen LogP contribution in [0.5, 0.6) is 0 Å². The van der Waals surface area contributed by atoms with Crippen LogP contribution in [-0.4, -0.2) is 47.8 Å². The molecule has 2 nitrogen and oxygen atoms in total. The number of thioether (sulfide) groups is 1. The minimum Gasteiger partial charge on any atom is -0.395 e. The van der Waals surface area contributed by atoms with Crippen LogP contribution in [0.15, 0.2) is 0 Å². The molecule has 0 spiro atoms. The van der Waals surface area contributed by atoms with Crippen LogP contribution in [0.25, 0.3) is 0 Å². The monoisotopic (exact) mass is 147 g/mol.